The van der Waals surface area contributed by atoms with Crippen LogP contribution in [0.1, 0.15) is 35.0 Å². The molecule has 0 bridgehead atoms. The maximum Gasteiger partial charge on any atom is 0.0934 e. The summed E-state index contributed by atoms with van der Waals surface area (Å²) in [7, 11) is 2.00. The highest BCUT2D eigenvalue weighted by molar-refractivity contribution is 7.11. The fraction of sp³-hybridized carbons (Fsp3) is 0.471. The zero-order valence-corrected chi connectivity index (χ0v) is 13.5. The zero-order valence-electron chi connectivity index (χ0n) is 12.6. The lowest BCUT2D eigenvalue weighted by atomic mass is 10.1. The van der Waals surface area contributed by atoms with Crippen LogP contribution in [0.25, 0.3) is 0 Å². The molecule has 1 N–H and O–H groups in total. The number of hydrogen-bond acceptors (Lipinski definition) is 3. The van der Waals surface area contributed by atoms with Gasteiger partial charge in [0.2, 0.25) is 0 Å². The number of thiazole rings is 1. The molecule has 1 aromatic heterocycles. The first-order valence-electron chi connectivity index (χ1n) is 7.35. The minimum Gasteiger partial charge on any atom is -0.315 e. The minimum absolute atomic E-state index is 0.662. The molecule has 2 nitrogen and oxygen atoms in total. The van der Waals surface area contributed by atoms with Crippen LogP contribution >= 0.6 is 11.3 Å². The van der Waals surface area contributed by atoms with Gasteiger partial charge in [-0.25, -0.2) is 4.98 Å². The normalized spacial score (nSPS) is 11.2. The van der Waals surface area contributed by atoms with Crippen LogP contribution in [0.3, 0.4) is 0 Å². The second-order valence-electron chi connectivity index (χ2n) is 5.59. The maximum absolute atomic E-state index is 4.86. The highest BCUT2D eigenvalue weighted by Gasteiger charge is 2.12. The molecule has 0 unspecified atom stereocenters. The fourth-order valence-electron chi connectivity index (χ4n) is 2.28. The summed E-state index contributed by atoms with van der Waals surface area (Å²) in [6, 6.07) is 10.7. The second-order valence-corrected chi connectivity index (χ2v) is 6.76. The number of rotatable bonds is 7. The van der Waals surface area contributed by atoms with Crippen LogP contribution in [0, 0.1) is 5.92 Å². The van der Waals surface area contributed by atoms with Crippen LogP contribution in [0.4, 0.5) is 0 Å². The second kappa shape index (κ2) is 7.55. The predicted molar refractivity (Wildman–Crippen MR) is 87.3 cm³/mol. The lowest BCUT2D eigenvalue weighted by molar-refractivity contribution is 0.629. The standard InChI is InChI=1S/C17H24N2S/c1-13(2)11-15-16(12-18-3)20-17(19-15)10-9-14-7-5-4-6-8-14/h4-8,13,18H,9-12H2,1-3H3. The molecule has 0 saturated carbocycles. The number of benzene rings is 1. The predicted octanol–water partition coefficient (Wildman–Crippen LogP) is 3.85. The monoisotopic (exact) mass is 288 g/mol. The lowest BCUT2D eigenvalue weighted by Crippen LogP contribution is -2.07. The molecule has 0 amide bonds. The smallest absolute Gasteiger partial charge is 0.0934 e. The molecular formula is C17H24N2S. The van der Waals surface area contributed by atoms with E-state index in [1.165, 1.54) is 21.1 Å². The molecule has 2 aromatic rings. The average molecular weight is 288 g/mol. The van der Waals surface area contributed by atoms with Crippen molar-refractivity contribution in [1.29, 1.82) is 0 Å². The molecule has 2 rings (SSSR count). The Kier molecular flexibility index (Phi) is 5.74. The van der Waals surface area contributed by atoms with Crippen molar-refractivity contribution < 1.29 is 0 Å². The van der Waals surface area contributed by atoms with Gasteiger partial charge in [0.1, 0.15) is 0 Å². The van der Waals surface area contributed by atoms with Crippen molar-refractivity contribution in [2.24, 2.45) is 5.92 Å². The van der Waals surface area contributed by atoms with Crippen LogP contribution in [-0.4, -0.2) is 12.0 Å². The van der Waals surface area contributed by atoms with Gasteiger partial charge in [0.25, 0.3) is 0 Å². The van der Waals surface area contributed by atoms with E-state index in [1.807, 2.05) is 18.4 Å². The molecule has 0 radical (unpaired) electrons. The largest absolute Gasteiger partial charge is 0.315 e. The third-order valence-corrected chi connectivity index (χ3v) is 4.39. The minimum atomic E-state index is 0.662. The van der Waals surface area contributed by atoms with Gasteiger partial charge in [0.05, 0.1) is 10.7 Å². The van der Waals surface area contributed by atoms with E-state index < -0.39 is 0 Å². The van der Waals surface area contributed by atoms with E-state index in [1.54, 1.807) is 0 Å². The summed E-state index contributed by atoms with van der Waals surface area (Å²) in [5.74, 6) is 0.662. The topological polar surface area (TPSA) is 24.9 Å². The Balaban J connectivity index is 2.04. The molecule has 0 spiro atoms. The molecule has 0 fully saturated rings. The molecule has 0 saturated heterocycles. The van der Waals surface area contributed by atoms with E-state index >= 15 is 0 Å². The third-order valence-electron chi connectivity index (χ3n) is 3.23. The Morgan fingerprint density at radius 1 is 1.15 bits per heavy atom. The molecule has 3 heteroatoms. The molecule has 1 aromatic carbocycles. The first-order chi connectivity index (χ1) is 9.69. The summed E-state index contributed by atoms with van der Waals surface area (Å²) in [6.07, 6.45) is 3.21. The molecule has 20 heavy (non-hydrogen) atoms. The lowest BCUT2D eigenvalue weighted by Gasteiger charge is -2.03. The van der Waals surface area contributed by atoms with Gasteiger partial charge in [-0.1, -0.05) is 44.2 Å². The molecule has 0 atom stereocenters. The Hall–Kier alpha value is -1.19. The van der Waals surface area contributed by atoms with E-state index in [9.17, 15) is 0 Å². The molecule has 0 aliphatic rings. The number of aromatic nitrogens is 1. The molecule has 1 heterocycles. The molecular weight excluding hydrogens is 264 g/mol. The Morgan fingerprint density at radius 3 is 2.55 bits per heavy atom. The third kappa shape index (κ3) is 4.43. The molecule has 0 aliphatic carbocycles. The van der Waals surface area contributed by atoms with Crippen LogP contribution in [-0.2, 0) is 25.8 Å². The number of hydrogen-bond donors (Lipinski definition) is 1. The summed E-state index contributed by atoms with van der Waals surface area (Å²) in [4.78, 5) is 6.27. The van der Waals surface area contributed by atoms with Gasteiger partial charge in [-0.05, 0) is 31.4 Å². The summed E-state index contributed by atoms with van der Waals surface area (Å²) in [5, 5.41) is 4.53. The van der Waals surface area contributed by atoms with Gasteiger partial charge in [-0.3, -0.25) is 0 Å². The average Bonchev–Trinajstić information content (AvgIpc) is 2.80. The van der Waals surface area contributed by atoms with Gasteiger partial charge in [-0.2, -0.15) is 0 Å². The number of nitrogens with one attached hydrogen (secondary N) is 1. The van der Waals surface area contributed by atoms with Crippen molar-refractivity contribution >= 4 is 11.3 Å². The van der Waals surface area contributed by atoms with Crippen molar-refractivity contribution in [1.82, 2.24) is 10.3 Å². The van der Waals surface area contributed by atoms with Crippen LogP contribution in [0.15, 0.2) is 30.3 Å². The fourth-order valence-corrected chi connectivity index (χ4v) is 3.39. The number of nitrogens with zero attached hydrogens (tertiary/aromatic N) is 1. The number of aryl methyl sites for hydroxylation is 2. The summed E-state index contributed by atoms with van der Waals surface area (Å²) in [6.45, 7) is 5.45. The Morgan fingerprint density at radius 2 is 1.90 bits per heavy atom. The molecule has 108 valence electrons. The van der Waals surface area contributed by atoms with E-state index in [0.29, 0.717) is 5.92 Å². The van der Waals surface area contributed by atoms with Crippen molar-refractivity contribution in [3.8, 4) is 0 Å². The van der Waals surface area contributed by atoms with E-state index in [4.69, 9.17) is 4.98 Å². The maximum atomic E-state index is 4.86. The SMILES string of the molecule is CNCc1sc(CCc2ccccc2)nc1CC(C)C. The van der Waals surface area contributed by atoms with Gasteiger partial charge in [0, 0.05) is 17.8 Å². The summed E-state index contributed by atoms with van der Waals surface area (Å²) < 4.78 is 0. The van der Waals surface area contributed by atoms with Gasteiger partial charge in [0.15, 0.2) is 0 Å². The molecule has 0 aliphatic heterocycles. The summed E-state index contributed by atoms with van der Waals surface area (Å²) in [5.41, 5.74) is 2.69. The Labute approximate surface area is 126 Å². The first-order valence-corrected chi connectivity index (χ1v) is 8.16. The first kappa shape index (κ1) is 15.2. The van der Waals surface area contributed by atoms with Crippen LogP contribution in [0.5, 0.6) is 0 Å². The van der Waals surface area contributed by atoms with Crippen molar-refractivity contribution in [2.45, 2.75) is 39.7 Å². The van der Waals surface area contributed by atoms with E-state index in [-0.39, 0.29) is 0 Å². The van der Waals surface area contributed by atoms with Crippen LogP contribution in [0.2, 0.25) is 0 Å². The Bertz CT molecular complexity index is 517. The van der Waals surface area contributed by atoms with Gasteiger partial charge >= 0.3 is 0 Å². The zero-order chi connectivity index (χ0) is 14.4. The quantitative estimate of drug-likeness (QED) is 0.837. The van der Waals surface area contributed by atoms with Crippen LogP contribution < -0.4 is 5.32 Å². The van der Waals surface area contributed by atoms with E-state index in [2.05, 4.69) is 49.5 Å². The van der Waals surface area contributed by atoms with E-state index in [0.717, 1.165) is 25.8 Å². The van der Waals surface area contributed by atoms with Gasteiger partial charge < -0.3 is 5.32 Å². The van der Waals surface area contributed by atoms with Crippen molar-refractivity contribution in [3.05, 3.63) is 51.5 Å². The van der Waals surface area contributed by atoms with Gasteiger partial charge in [-0.15, -0.1) is 11.3 Å². The summed E-state index contributed by atoms with van der Waals surface area (Å²) >= 11 is 1.87. The van der Waals surface area contributed by atoms with Crippen molar-refractivity contribution in [3.63, 3.8) is 0 Å². The van der Waals surface area contributed by atoms with Crippen molar-refractivity contribution in [2.75, 3.05) is 7.05 Å². The highest BCUT2D eigenvalue weighted by Crippen LogP contribution is 2.22. The highest BCUT2D eigenvalue weighted by atomic mass is 32.1.